The van der Waals surface area contributed by atoms with E-state index in [0.29, 0.717) is 13.0 Å². The maximum Gasteiger partial charge on any atom is 0.330 e. The Hall–Kier alpha value is -1.61. The van der Waals surface area contributed by atoms with Gasteiger partial charge in [-0.3, -0.25) is 0 Å². The maximum atomic E-state index is 11.2. The number of carbonyl (C=O) groups is 1. The number of carbonyl (C=O) groups excluding carboxylic acids is 1. The average Bonchev–Trinajstić information content (AvgIpc) is 2.38. The van der Waals surface area contributed by atoms with Crippen molar-refractivity contribution in [2.75, 3.05) is 6.61 Å². The van der Waals surface area contributed by atoms with Gasteiger partial charge >= 0.3 is 5.97 Å². The van der Waals surface area contributed by atoms with Crippen LogP contribution in [0.1, 0.15) is 39.7 Å². The van der Waals surface area contributed by atoms with Gasteiger partial charge in [0, 0.05) is 12.5 Å². The van der Waals surface area contributed by atoms with Crippen LogP contribution in [0.15, 0.2) is 43.0 Å². The van der Waals surface area contributed by atoms with Gasteiger partial charge in [0.1, 0.15) is 5.60 Å². The predicted octanol–water partition coefficient (Wildman–Crippen LogP) is 3.84. The van der Waals surface area contributed by atoms with E-state index in [1.807, 2.05) is 58.0 Å². The molecule has 0 amide bonds. The van der Waals surface area contributed by atoms with Crippen molar-refractivity contribution >= 4 is 5.97 Å². The summed E-state index contributed by atoms with van der Waals surface area (Å²) in [7, 11) is 0. The van der Waals surface area contributed by atoms with Gasteiger partial charge in [0.05, 0.1) is 12.2 Å². The Kier molecular flexibility index (Phi) is 5.52. The van der Waals surface area contributed by atoms with Crippen LogP contribution < -0.4 is 0 Å². The highest BCUT2D eigenvalue weighted by atomic mass is 16.6. The summed E-state index contributed by atoms with van der Waals surface area (Å²) in [5.41, 5.74) is 0.207. The molecule has 0 N–H and O–H groups in total. The second-order valence-electron chi connectivity index (χ2n) is 5.86. The van der Waals surface area contributed by atoms with Gasteiger partial charge in [-0.1, -0.05) is 36.9 Å². The summed E-state index contributed by atoms with van der Waals surface area (Å²) in [6.07, 6.45) is 1.80. The van der Waals surface area contributed by atoms with Gasteiger partial charge in [0.25, 0.3) is 0 Å². The van der Waals surface area contributed by atoms with E-state index in [4.69, 9.17) is 9.47 Å². The molecule has 0 aliphatic heterocycles. The van der Waals surface area contributed by atoms with Gasteiger partial charge in [-0.15, -0.1) is 0 Å². The normalized spacial score (nSPS) is 12.0. The lowest BCUT2D eigenvalue weighted by atomic mass is 9.98. The first-order valence-corrected chi connectivity index (χ1v) is 6.82. The molecule has 0 unspecified atom stereocenters. The molecule has 0 aromatic heterocycles. The number of ether oxygens (including phenoxy) is 2. The summed E-state index contributed by atoms with van der Waals surface area (Å²) in [5.74, 6) is -0.405. The average molecular weight is 276 g/mol. The highest BCUT2D eigenvalue weighted by Gasteiger charge is 2.25. The molecule has 0 saturated heterocycles. The van der Waals surface area contributed by atoms with Crippen LogP contribution in [0.25, 0.3) is 0 Å². The number of esters is 1. The van der Waals surface area contributed by atoms with Crippen molar-refractivity contribution in [1.29, 1.82) is 0 Å². The summed E-state index contributed by atoms with van der Waals surface area (Å²) >= 11 is 0. The molecule has 1 aromatic carbocycles. The summed E-state index contributed by atoms with van der Waals surface area (Å²) in [4.78, 5) is 11.2. The topological polar surface area (TPSA) is 35.5 Å². The van der Waals surface area contributed by atoms with Crippen LogP contribution in [0.3, 0.4) is 0 Å². The van der Waals surface area contributed by atoms with E-state index < -0.39 is 11.6 Å². The van der Waals surface area contributed by atoms with Gasteiger partial charge < -0.3 is 9.47 Å². The van der Waals surface area contributed by atoms with Crippen LogP contribution in [0.5, 0.6) is 0 Å². The molecule has 0 atom stereocenters. The third-order valence-corrected chi connectivity index (χ3v) is 3.18. The Morgan fingerprint density at radius 3 is 2.35 bits per heavy atom. The molecule has 3 nitrogen and oxygen atoms in total. The minimum Gasteiger partial charge on any atom is -0.456 e. The lowest BCUT2D eigenvalue weighted by Crippen LogP contribution is -2.31. The van der Waals surface area contributed by atoms with Gasteiger partial charge in [-0.2, -0.15) is 0 Å². The summed E-state index contributed by atoms with van der Waals surface area (Å²) in [5, 5.41) is 0. The van der Waals surface area contributed by atoms with Crippen molar-refractivity contribution in [3.05, 3.63) is 48.6 Å². The first-order chi connectivity index (χ1) is 9.27. The Labute approximate surface area is 121 Å². The molecule has 0 spiro atoms. The van der Waals surface area contributed by atoms with Crippen LogP contribution in [-0.2, 0) is 19.9 Å². The van der Waals surface area contributed by atoms with Gasteiger partial charge in [-0.25, -0.2) is 4.79 Å². The van der Waals surface area contributed by atoms with E-state index in [0.717, 1.165) is 5.56 Å². The van der Waals surface area contributed by atoms with Crippen LogP contribution in [0.2, 0.25) is 0 Å². The third-order valence-electron chi connectivity index (χ3n) is 3.18. The van der Waals surface area contributed by atoms with Gasteiger partial charge in [0.2, 0.25) is 0 Å². The van der Waals surface area contributed by atoms with Gasteiger partial charge in [0.15, 0.2) is 0 Å². The van der Waals surface area contributed by atoms with Crippen molar-refractivity contribution in [2.45, 2.75) is 45.3 Å². The fourth-order valence-corrected chi connectivity index (χ4v) is 1.84. The molecule has 0 radical (unpaired) electrons. The zero-order valence-electron chi connectivity index (χ0n) is 12.8. The molecule has 0 fully saturated rings. The van der Waals surface area contributed by atoms with Crippen molar-refractivity contribution in [3.63, 3.8) is 0 Å². The molecular weight excluding hydrogens is 252 g/mol. The maximum absolute atomic E-state index is 11.2. The minimum absolute atomic E-state index is 0.361. The lowest BCUT2D eigenvalue weighted by molar-refractivity contribution is -0.153. The quantitative estimate of drug-likeness (QED) is 0.561. The Morgan fingerprint density at radius 2 is 1.80 bits per heavy atom. The Bertz CT molecular complexity index is 447. The molecule has 3 heteroatoms. The SMILES string of the molecule is C=CC(=O)OC(C)(C)CCOC(C)(C)c1ccccc1. The van der Waals surface area contributed by atoms with Crippen LogP contribution in [0, 0.1) is 0 Å². The molecule has 0 aliphatic carbocycles. The largest absolute Gasteiger partial charge is 0.456 e. The van der Waals surface area contributed by atoms with Crippen LogP contribution >= 0.6 is 0 Å². The first kappa shape index (κ1) is 16.4. The predicted molar refractivity (Wildman–Crippen MR) is 80.4 cm³/mol. The standard InChI is InChI=1S/C17H24O3/c1-6-15(18)20-16(2,3)12-13-19-17(4,5)14-10-8-7-9-11-14/h6-11H,1,12-13H2,2-5H3. The molecule has 1 rings (SSSR count). The van der Waals surface area contributed by atoms with E-state index in [9.17, 15) is 4.79 Å². The van der Waals surface area contributed by atoms with Crippen LogP contribution in [0.4, 0.5) is 0 Å². The Balaban J connectivity index is 2.51. The molecule has 0 heterocycles. The summed E-state index contributed by atoms with van der Waals surface area (Å²) in [6, 6.07) is 10.1. The monoisotopic (exact) mass is 276 g/mol. The van der Waals surface area contributed by atoms with Gasteiger partial charge in [-0.05, 0) is 33.3 Å². The molecule has 110 valence electrons. The van der Waals surface area contributed by atoms with Crippen molar-refractivity contribution in [3.8, 4) is 0 Å². The van der Waals surface area contributed by atoms with E-state index >= 15 is 0 Å². The zero-order chi connectivity index (χ0) is 15.2. The summed E-state index contributed by atoms with van der Waals surface area (Å²) in [6.45, 7) is 11.7. The van der Waals surface area contributed by atoms with E-state index in [1.54, 1.807) is 0 Å². The van der Waals surface area contributed by atoms with Crippen molar-refractivity contribution in [2.24, 2.45) is 0 Å². The molecule has 0 aliphatic rings. The molecule has 1 aromatic rings. The highest BCUT2D eigenvalue weighted by Crippen LogP contribution is 2.25. The highest BCUT2D eigenvalue weighted by molar-refractivity contribution is 5.81. The third kappa shape index (κ3) is 5.17. The first-order valence-electron chi connectivity index (χ1n) is 6.82. The summed E-state index contributed by atoms with van der Waals surface area (Å²) < 4.78 is 11.2. The van der Waals surface area contributed by atoms with E-state index in [-0.39, 0.29) is 5.60 Å². The van der Waals surface area contributed by atoms with Crippen molar-refractivity contribution < 1.29 is 14.3 Å². The molecule has 0 saturated carbocycles. The molecule has 20 heavy (non-hydrogen) atoms. The van der Waals surface area contributed by atoms with E-state index in [2.05, 4.69) is 6.58 Å². The Morgan fingerprint density at radius 1 is 1.20 bits per heavy atom. The second kappa shape index (κ2) is 6.71. The second-order valence-corrected chi connectivity index (χ2v) is 5.86. The number of hydrogen-bond acceptors (Lipinski definition) is 3. The number of hydrogen-bond donors (Lipinski definition) is 0. The fraction of sp³-hybridized carbons (Fsp3) is 0.471. The molecular formula is C17H24O3. The smallest absolute Gasteiger partial charge is 0.330 e. The molecule has 0 bridgehead atoms. The number of benzene rings is 1. The number of rotatable bonds is 7. The van der Waals surface area contributed by atoms with Crippen molar-refractivity contribution in [1.82, 2.24) is 0 Å². The zero-order valence-corrected chi connectivity index (χ0v) is 12.8. The fourth-order valence-electron chi connectivity index (χ4n) is 1.84. The van der Waals surface area contributed by atoms with E-state index in [1.165, 1.54) is 6.08 Å². The van der Waals surface area contributed by atoms with Crippen LogP contribution in [-0.4, -0.2) is 18.2 Å². The lowest BCUT2D eigenvalue weighted by Gasteiger charge is -2.29. The minimum atomic E-state index is -0.557.